The average molecular weight is 572 g/mol. The molecule has 5 N–H and O–H groups in total. The first-order valence-electron chi connectivity index (χ1n) is 14.0. The van der Waals surface area contributed by atoms with E-state index in [1.54, 1.807) is 48.5 Å². The van der Waals surface area contributed by atoms with Gasteiger partial charge in [-0.1, -0.05) is 55.4 Å². The minimum absolute atomic E-state index is 0.1000. The number of carbonyl (C=O) groups is 5. The molecule has 12 nitrogen and oxygen atoms in total. The van der Waals surface area contributed by atoms with Gasteiger partial charge in [0.05, 0.1) is 7.11 Å². The molecule has 0 rings (SSSR count). The van der Waals surface area contributed by atoms with Crippen molar-refractivity contribution in [3.63, 3.8) is 0 Å². The smallest absolute Gasteiger partial charge is 0.408 e. The van der Waals surface area contributed by atoms with Crippen LogP contribution in [-0.4, -0.2) is 66.9 Å². The zero-order valence-corrected chi connectivity index (χ0v) is 26.4. The third kappa shape index (κ3) is 14.9. The summed E-state index contributed by atoms with van der Waals surface area (Å²) in [7, 11) is 1.25. The molecule has 0 radical (unpaired) electrons. The molecule has 4 atom stereocenters. The summed E-state index contributed by atoms with van der Waals surface area (Å²) in [5, 5.41) is 13.5. The minimum Gasteiger partial charge on any atom is -0.467 e. The fourth-order valence-corrected chi connectivity index (χ4v) is 3.82. The molecule has 0 fully saturated rings. The Kier molecular flexibility index (Phi) is 15.6. The third-order valence-corrected chi connectivity index (χ3v) is 5.70. The van der Waals surface area contributed by atoms with Crippen LogP contribution < -0.4 is 26.6 Å². The maximum atomic E-state index is 13.1. The van der Waals surface area contributed by atoms with Crippen molar-refractivity contribution in [2.24, 2.45) is 23.7 Å². The van der Waals surface area contributed by atoms with Crippen molar-refractivity contribution in [3.05, 3.63) is 0 Å². The van der Waals surface area contributed by atoms with Crippen LogP contribution in [0, 0.1) is 23.7 Å². The molecule has 0 aromatic rings. The van der Waals surface area contributed by atoms with E-state index in [1.807, 2.05) is 27.7 Å². The summed E-state index contributed by atoms with van der Waals surface area (Å²) >= 11 is 0. The van der Waals surface area contributed by atoms with E-state index >= 15 is 0 Å². The molecule has 0 aliphatic heterocycles. The molecule has 0 aromatic carbocycles. The van der Waals surface area contributed by atoms with Crippen molar-refractivity contribution in [1.29, 1.82) is 0 Å². The molecular formula is C28H53N5O7. The predicted octanol–water partition coefficient (Wildman–Crippen LogP) is 3.05. The quantitative estimate of drug-likeness (QED) is 0.158. The molecule has 0 heterocycles. The number of esters is 1. The van der Waals surface area contributed by atoms with Gasteiger partial charge in [0.25, 0.3) is 0 Å². The van der Waals surface area contributed by atoms with Crippen LogP contribution in [-0.2, 0) is 23.9 Å². The lowest BCUT2D eigenvalue weighted by Gasteiger charge is -2.29. The normalized spacial score (nSPS) is 14.7. The van der Waals surface area contributed by atoms with Gasteiger partial charge in [-0.3, -0.25) is 9.59 Å². The largest absolute Gasteiger partial charge is 0.467 e. The number of alkyl carbamates (subject to hydrolysis) is 1. The van der Waals surface area contributed by atoms with Crippen molar-refractivity contribution in [2.75, 3.05) is 7.11 Å². The van der Waals surface area contributed by atoms with E-state index in [1.165, 1.54) is 7.11 Å². The number of urea groups is 1. The molecule has 0 bridgehead atoms. The monoisotopic (exact) mass is 571 g/mol. The van der Waals surface area contributed by atoms with Gasteiger partial charge in [-0.05, 0) is 57.3 Å². The first kappa shape index (κ1) is 37.0. The molecule has 0 saturated heterocycles. The second-order valence-electron chi connectivity index (χ2n) is 12.6. The fourth-order valence-electron chi connectivity index (χ4n) is 3.82. The molecule has 0 aliphatic rings. The predicted molar refractivity (Wildman–Crippen MR) is 153 cm³/mol. The molecule has 0 aromatic heterocycles. The van der Waals surface area contributed by atoms with E-state index < -0.39 is 59.8 Å². The van der Waals surface area contributed by atoms with Crippen LogP contribution in [0.3, 0.4) is 0 Å². The van der Waals surface area contributed by atoms with E-state index in [4.69, 9.17) is 9.47 Å². The number of hydrogen-bond acceptors (Lipinski definition) is 7. The molecule has 12 heteroatoms. The summed E-state index contributed by atoms with van der Waals surface area (Å²) in [6, 6.07) is -3.37. The Labute approximate surface area is 239 Å². The van der Waals surface area contributed by atoms with Crippen LogP contribution in [0.15, 0.2) is 0 Å². The molecule has 0 aliphatic carbocycles. The van der Waals surface area contributed by atoms with Gasteiger partial charge in [0.15, 0.2) is 0 Å². The Bertz CT molecular complexity index is 852. The van der Waals surface area contributed by atoms with Crippen LogP contribution in [0.4, 0.5) is 9.59 Å². The second kappa shape index (κ2) is 16.9. The Morgan fingerprint density at radius 1 is 0.650 bits per heavy atom. The highest BCUT2D eigenvalue weighted by molar-refractivity contribution is 5.91. The number of carbonyl (C=O) groups excluding carboxylic acids is 5. The van der Waals surface area contributed by atoms with Crippen LogP contribution in [0.2, 0.25) is 0 Å². The Morgan fingerprint density at radius 2 is 1.12 bits per heavy atom. The lowest BCUT2D eigenvalue weighted by atomic mass is 10.0. The van der Waals surface area contributed by atoms with E-state index in [-0.39, 0.29) is 23.7 Å². The first-order chi connectivity index (χ1) is 18.3. The molecule has 0 spiro atoms. The van der Waals surface area contributed by atoms with Crippen molar-refractivity contribution in [3.8, 4) is 0 Å². The highest BCUT2D eigenvalue weighted by Crippen LogP contribution is 2.11. The highest BCUT2D eigenvalue weighted by Gasteiger charge is 2.32. The number of rotatable bonds is 14. The van der Waals surface area contributed by atoms with Gasteiger partial charge in [-0.2, -0.15) is 0 Å². The summed E-state index contributed by atoms with van der Waals surface area (Å²) in [5.74, 6) is -1.91. The average Bonchev–Trinajstić information content (AvgIpc) is 2.77. The first-order valence-corrected chi connectivity index (χ1v) is 14.0. The zero-order valence-electron chi connectivity index (χ0n) is 26.4. The van der Waals surface area contributed by atoms with Gasteiger partial charge in [-0.15, -0.1) is 0 Å². The van der Waals surface area contributed by atoms with Crippen molar-refractivity contribution in [2.45, 2.75) is 119 Å². The maximum Gasteiger partial charge on any atom is 0.408 e. The van der Waals surface area contributed by atoms with Gasteiger partial charge < -0.3 is 36.1 Å². The van der Waals surface area contributed by atoms with E-state index in [2.05, 4.69) is 26.6 Å². The van der Waals surface area contributed by atoms with Gasteiger partial charge in [0, 0.05) is 0 Å². The van der Waals surface area contributed by atoms with Crippen molar-refractivity contribution in [1.82, 2.24) is 26.6 Å². The molecule has 0 unspecified atom stereocenters. The Hall–Kier alpha value is -3.05. The van der Waals surface area contributed by atoms with Crippen LogP contribution in [0.25, 0.3) is 0 Å². The van der Waals surface area contributed by atoms with E-state index in [0.29, 0.717) is 12.8 Å². The van der Waals surface area contributed by atoms with E-state index in [9.17, 15) is 24.0 Å². The zero-order chi connectivity index (χ0) is 31.4. The summed E-state index contributed by atoms with van der Waals surface area (Å²) < 4.78 is 10.1. The van der Waals surface area contributed by atoms with Gasteiger partial charge in [0.1, 0.15) is 29.9 Å². The molecule has 0 saturated carbocycles. The Morgan fingerprint density at radius 3 is 1.55 bits per heavy atom. The number of methoxy groups -OCH3 is 1. The Balaban J connectivity index is 5.56. The third-order valence-electron chi connectivity index (χ3n) is 5.70. The van der Waals surface area contributed by atoms with E-state index in [0.717, 1.165) is 0 Å². The van der Waals surface area contributed by atoms with Crippen molar-refractivity contribution >= 4 is 29.9 Å². The van der Waals surface area contributed by atoms with Gasteiger partial charge in [0.2, 0.25) is 11.8 Å². The summed E-state index contributed by atoms with van der Waals surface area (Å²) in [4.78, 5) is 63.7. The number of amides is 5. The van der Waals surface area contributed by atoms with Crippen LogP contribution >= 0.6 is 0 Å². The molecular weight excluding hydrogens is 518 g/mol. The number of hydrogen-bond donors (Lipinski definition) is 5. The number of ether oxygens (including phenoxy) is 2. The standard InChI is InChI=1S/C28H53N5O7/c1-15(2)13-19(25(36)39-12)29-23(34)21(17(5)6)32-26(37)31-20(14-16(3)4)30-24(35)22(18(7)8)33-27(38)40-28(9,10)11/h15-22H,13-14H2,1-12H3,(H,29,34)(H,30,35)(H,33,38)(H2,31,32,37)/t19-,20+,21-,22-/m0/s1. The lowest BCUT2D eigenvalue weighted by Crippen LogP contribution is -2.60. The fraction of sp³-hybridized carbons (Fsp3) is 0.821. The number of nitrogens with one attached hydrogen (secondary N) is 5. The maximum absolute atomic E-state index is 13.1. The molecule has 40 heavy (non-hydrogen) atoms. The molecule has 232 valence electrons. The van der Waals surface area contributed by atoms with Crippen molar-refractivity contribution < 1.29 is 33.4 Å². The lowest BCUT2D eigenvalue weighted by molar-refractivity contribution is -0.145. The molecule has 5 amide bonds. The van der Waals surface area contributed by atoms with Gasteiger partial charge >= 0.3 is 18.1 Å². The summed E-state index contributed by atoms with van der Waals surface area (Å²) in [6.07, 6.45) is -0.727. The minimum atomic E-state index is -0.952. The highest BCUT2D eigenvalue weighted by atomic mass is 16.6. The van der Waals surface area contributed by atoms with Gasteiger partial charge in [-0.25, -0.2) is 14.4 Å². The van der Waals surface area contributed by atoms with Crippen LogP contribution in [0.1, 0.15) is 89.0 Å². The summed E-state index contributed by atoms with van der Waals surface area (Å²) in [6.45, 7) is 20.0. The summed E-state index contributed by atoms with van der Waals surface area (Å²) in [5.41, 5.74) is -0.729. The topological polar surface area (TPSA) is 164 Å². The van der Waals surface area contributed by atoms with Crippen LogP contribution in [0.5, 0.6) is 0 Å². The second-order valence-corrected chi connectivity index (χ2v) is 12.6. The SMILES string of the molecule is COC(=O)[C@H](CC(C)C)NC(=O)[C@@H](NC(=O)N[C@H](CC(C)C)NC(=O)[C@@H](NC(=O)OC(C)(C)C)C(C)C)C(C)C.